The Bertz CT molecular complexity index is 256. The molecular formula is C12H23F3N2O. The van der Waals surface area contributed by atoms with E-state index in [1.54, 1.807) is 0 Å². The summed E-state index contributed by atoms with van der Waals surface area (Å²) in [7, 11) is 0. The summed E-state index contributed by atoms with van der Waals surface area (Å²) in [4.78, 5) is 2.22. The van der Waals surface area contributed by atoms with Gasteiger partial charge in [0.05, 0.1) is 6.61 Å². The molecule has 0 saturated carbocycles. The molecule has 0 bridgehead atoms. The Balaban J connectivity index is 2.33. The second-order valence-electron chi connectivity index (χ2n) is 5.47. The number of hydrogen-bond acceptors (Lipinski definition) is 3. The highest BCUT2D eigenvalue weighted by molar-refractivity contribution is 4.91. The van der Waals surface area contributed by atoms with Gasteiger partial charge in [-0.15, -0.1) is 0 Å². The molecular weight excluding hydrogens is 245 g/mol. The Kier molecular flexibility index (Phi) is 5.43. The van der Waals surface area contributed by atoms with Crippen LogP contribution in [-0.2, 0) is 4.74 Å². The topological polar surface area (TPSA) is 24.5 Å². The van der Waals surface area contributed by atoms with Gasteiger partial charge in [-0.3, -0.25) is 4.90 Å². The molecule has 0 spiro atoms. The molecule has 0 aromatic carbocycles. The lowest BCUT2D eigenvalue weighted by Crippen LogP contribution is -2.61. The summed E-state index contributed by atoms with van der Waals surface area (Å²) in [5, 5.41) is 3.44. The van der Waals surface area contributed by atoms with E-state index in [0.29, 0.717) is 12.6 Å². The number of halogens is 3. The summed E-state index contributed by atoms with van der Waals surface area (Å²) >= 11 is 0. The molecule has 0 aromatic rings. The van der Waals surface area contributed by atoms with Crippen molar-refractivity contribution in [3.63, 3.8) is 0 Å². The zero-order valence-electron chi connectivity index (χ0n) is 11.3. The summed E-state index contributed by atoms with van der Waals surface area (Å²) < 4.78 is 40.5. The summed E-state index contributed by atoms with van der Waals surface area (Å²) in [6.07, 6.45) is -3.24. The lowest BCUT2D eigenvalue weighted by Gasteiger charge is -2.44. The number of alkyl halides is 3. The zero-order chi connectivity index (χ0) is 13.8. The van der Waals surface area contributed by atoms with Gasteiger partial charge in [-0.2, -0.15) is 13.2 Å². The van der Waals surface area contributed by atoms with Gasteiger partial charge < -0.3 is 10.1 Å². The highest BCUT2D eigenvalue weighted by atomic mass is 19.4. The molecule has 3 nitrogen and oxygen atoms in total. The van der Waals surface area contributed by atoms with Crippen molar-refractivity contribution in [1.29, 1.82) is 0 Å². The molecule has 1 saturated heterocycles. The Labute approximate surface area is 107 Å². The summed E-state index contributed by atoms with van der Waals surface area (Å²) in [5.74, 6) is 0. The van der Waals surface area contributed by atoms with Crippen molar-refractivity contribution in [3.8, 4) is 0 Å². The third-order valence-corrected chi connectivity index (χ3v) is 3.19. The molecule has 0 aliphatic carbocycles. The van der Waals surface area contributed by atoms with Gasteiger partial charge in [-0.05, 0) is 20.3 Å². The van der Waals surface area contributed by atoms with Gasteiger partial charge >= 0.3 is 6.18 Å². The number of rotatable bonds is 5. The lowest BCUT2D eigenvalue weighted by molar-refractivity contribution is -0.175. The monoisotopic (exact) mass is 268 g/mol. The van der Waals surface area contributed by atoms with E-state index in [4.69, 9.17) is 0 Å². The van der Waals surface area contributed by atoms with Crippen molar-refractivity contribution in [2.75, 3.05) is 32.8 Å². The van der Waals surface area contributed by atoms with E-state index in [2.05, 4.69) is 35.7 Å². The molecule has 1 heterocycles. The van der Waals surface area contributed by atoms with Crippen LogP contribution in [-0.4, -0.2) is 55.5 Å². The maximum Gasteiger partial charge on any atom is 0.411 e. The number of piperazine rings is 1. The molecule has 0 amide bonds. The number of nitrogens with zero attached hydrogens (tertiary/aromatic N) is 1. The lowest BCUT2D eigenvalue weighted by atomic mass is 9.98. The molecule has 1 atom stereocenters. The maximum absolute atomic E-state index is 11.9. The molecule has 1 aliphatic rings. The van der Waals surface area contributed by atoms with Gasteiger partial charge in [-0.1, -0.05) is 6.92 Å². The molecule has 0 aromatic heterocycles. The molecule has 1 N–H and O–H groups in total. The summed E-state index contributed by atoms with van der Waals surface area (Å²) in [6, 6.07) is 0.382. The van der Waals surface area contributed by atoms with Crippen molar-refractivity contribution in [2.45, 2.75) is 44.9 Å². The van der Waals surface area contributed by atoms with E-state index in [9.17, 15) is 13.2 Å². The smallest absolute Gasteiger partial charge is 0.371 e. The van der Waals surface area contributed by atoms with Crippen LogP contribution in [0.15, 0.2) is 0 Å². The third kappa shape index (κ3) is 5.54. The Morgan fingerprint density at radius 3 is 2.61 bits per heavy atom. The van der Waals surface area contributed by atoms with Crippen LogP contribution in [0.25, 0.3) is 0 Å². The molecule has 1 rings (SSSR count). The molecule has 18 heavy (non-hydrogen) atoms. The fourth-order valence-electron chi connectivity index (χ4n) is 2.25. The SMILES string of the molecule is CCC1CNC(C)(C)CN1CCOCC(F)(F)F. The van der Waals surface area contributed by atoms with E-state index >= 15 is 0 Å². The van der Waals surface area contributed by atoms with Gasteiger partial charge in [-0.25, -0.2) is 0 Å². The maximum atomic E-state index is 11.9. The van der Waals surface area contributed by atoms with Gasteiger partial charge in [0, 0.05) is 31.2 Å². The predicted octanol–water partition coefficient (Wildman–Crippen LogP) is 2.03. The molecule has 108 valence electrons. The van der Waals surface area contributed by atoms with Gasteiger partial charge in [0.15, 0.2) is 0 Å². The van der Waals surface area contributed by atoms with Gasteiger partial charge in [0.2, 0.25) is 0 Å². The van der Waals surface area contributed by atoms with Gasteiger partial charge in [0.25, 0.3) is 0 Å². The minimum absolute atomic E-state index is 0.00962. The molecule has 6 heteroatoms. The van der Waals surface area contributed by atoms with E-state index in [1.165, 1.54) is 0 Å². The fraction of sp³-hybridized carbons (Fsp3) is 1.00. The van der Waals surface area contributed by atoms with Crippen LogP contribution in [0.2, 0.25) is 0 Å². The first kappa shape index (κ1) is 15.7. The first-order chi connectivity index (χ1) is 8.23. The third-order valence-electron chi connectivity index (χ3n) is 3.19. The molecule has 0 radical (unpaired) electrons. The minimum atomic E-state index is -4.23. The van der Waals surface area contributed by atoms with Crippen LogP contribution >= 0.6 is 0 Å². The van der Waals surface area contributed by atoms with Gasteiger partial charge in [0.1, 0.15) is 6.61 Å². The first-order valence-corrected chi connectivity index (χ1v) is 6.37. The van der Waals surface area contributed by atoms with Crippen molar-refractivity contribution in [2.24, 2.45) is 0 Å². The van der Waals surface area contributed by atoms with Crippen LogP contribution in [0, 0.1) is 0 Å². The second-order valence-corrected chi connectivity index (χ2v) is 5.47. The van der Waals surface area contributed by atoms with E-state index in [0.717, 1.165) is 19.5 Å². The van der Waals surface area contributed by atoms with Crippen molar-refractivity contribution in [1.82, 2.24) is 10.2 Å². The van der Waals surface area contributed by atoms with Crippen LogP contribution < -0.4 is 5.32 Å². The standard InChI is InChI=1S/C12H23F3N2O/c1-4-10-7-16-11(2,3)8-17(10)5-6-18-9-12(13,14)15/h10,16H,4-9H2,1-3H3. The number of hydrogen-bond donors (Lipinski definition) is 1. The van der Waals surface area contributed by atoms with E-state index in [1.807, 2.05) is 0 Å². The summed E-state index contributed by atoms with van der Waals surface area (Å²) in [6.45, 7) is 7.54. The highest BCUT2D eigenvalue weighted by Crippen LogP contribution is 2.17. The Hall–Kier alpha value is -0.330. The van der Waals surface area contributed by atoms with E-state index in [-0.39, 0.29) is 12.1 Å². The second kappa shape index (κ2) is 6.21. The van der Waals surface area contributed by atoms with Crippen LogP contribution in [0.1, 0.15) is 27.2 Å². The Morgan fingerprint density at radius 2 is 2.06 bits per heavy atom. The summed E-state index contributed by atoms with van der Waals surface area (Å²) in [5.41, 5.74) is 0.00962. The number of ether oxygens (including phenoxy) is 1. The predicted molar refractivity (Wildman–Crippen MR) is 64.6 cm³/mol. The van der Waals surface area contributed by atoms with Crippen molar-refractivity contribution < 1.29 is 17.9 Å². The first-order valence-electron chi connectivity index (χ1n) is 6.37. The van der Waals surface area contributed by atoms with Crippen LogP contribution in [0.5, 0.6) is 0 Å². The van der Waals surface area contributed by atoms with E-state index < -0.39 is 12.8 Å². The molecule has 1 unspecified atom stereocenters. The average Bonchev–Trinajstić information content (AvgIpc) is 2.22. The zero-order valence-corrected chi connectivity index (χ0v) is 11.3. The Morgan fingerprint density at radius 1 is 1.39 bits per heavy atom. The molecule has 1 fully saturated rings. The largest absolute Gasteiger partial charge is 0.411 e. The minimum Gasteiger partial charge on any atom is -0.371 e. The van der Waals surface area contributed by atoms with Crippen LogP contribution in [0.3, 0.4) is 0 Å². The van der Waals surface area contributed by atoms with Crippen molar-refractivity contribution >= 4 is 0 Å². The van der Waals surface area contributed by atoms with Crippen LogP contribution in [0.4, 0.5) is 13.2 Å². The molecule has 1 aliphatic heterocycles. The van der Waals surface area contributed by atoms with Crippen molar-refractivity contribution in [3.05, 3.63) is 0 Å². The fourth-order valence-corrected chi connectivity index (χ4v) is 2.25. The quantitative estimate of drug-likeness (QED) is 0.772. The highest BCUT2D eigenvalue weighted by Gasteiger charge is 2.32. The normalized spacial score (nSPS) is 25.3. The number of nitrogens with one attached hydrogen (secondary N) is 1. The average molecular weight is 268 g/mol.